The number of amidine groups is 1. The van der Waals surface area contributed by atoms with Gasteiger partial charge in [0.05, 0.1) is 0 Å². The van der Waals surface area contributed by atoms with Crippen LogP contribution in [0.2, 0.25) is 0 Å². The minimum atomic E-state index is -0.0568. The molecule has 0 spiro atoms. The SMILES string of the molecule is O=C1CN2C=CC=C(Cc3cccs3)C2=N1. The van der Waals surface area contributed by atoms with E-state index in [-0.39, 0.29) is 5.91 Å². The fraction of sp³-hybridized carbons (Fsp3) is 0.167. The Labute approximate surface area is 97.4 Å². The molecular weight excluding hydrogens is 220 g/mol. The van der Waals surface area contributed by atoms with E-state index in [1.54, 1.807) is 11.3 Å². The summed E-state index contributed by atoms with van der Waals surface area (Å²) in [5, 5.41) is 2.06. The number of carbonyl (C=O) groups excluding carboxylic acids is 1. The van der Waals surface area contributed by atoms with Gasteiger partial charge in [0, 0.05) is 23.1 Å². The van der Waals surface area contributed by atoms with Crippen LogP contribution >= 0.6 is 11.3 Å². The molecule has 2 aliphatic rings. The fourth-order valence-electron chi connectivity index (χ4n) is 1.89. The molecule has 0 saturated heterocycles. The van der Waals surface area contributed by atoms with Crippen molar-refractivity contribution in [3.63, 3.8) is 0 Å². The van der Waals surface area contributed by atoms with Crippen LogP contribution in [-0.4, -0.2) is 23.2 Å². The van der Waals surface area contributed by atoms with Crippen molar-refractivity contribution in [1.29, 1.82) is 0 Å². The molecule has 0 aliphatic carbocycles. The average Bonchev–Trinajstić information content (AvgIpc) is 2.86. The summed E-state index contributed by atoms with van der Waals surface area (Å²) >= 11 is 1.73. The Kier molecular flexibility index (Phi) is 2.22. The molecule has 0 aromatic carbocycles. The third-order valence-electron chi connectivity index (χ3n) is 2.60. The third-order valence-corrected chi connectivity index (χ3v) is 3.48. The second-order valence-corrected chi connectivity index (χ2v) is 4.78. The van der Waals surface area contributed by atoms with Crippen LogP contribution in [0.15, 0.2) is 46.4 Å². The lowest BCUT2D eigenvalue weighted by Gasteiger charge is -2.19. The van der Waals surface area contributed by atoms with Gasteiger partial charge in [-0.3, -0.25) is 4.79 Å². The van der Waals surface area contributed by atoms with Gasteiger partial charge in [-0.25, -0.2) is 0 Å². The molecule has 0 saturated carbocycles. The standard InChI is InChI=1S/C12H10N2OS/c15-11-8-14-5-1-3-9(12(14)13-11)7-10-4-2-6-16-10/h1-6H,7-8H2. The highest BCUT2D eigenvalue weighted by Gasteiger charge is 2.25. The normalized spacial score (nSPS) is 18.5. The Bertz CT molecular complexity index is 511. The van der Waals surface area contributed by atoms with Crippen molar-refractivity contribution in [2.24, 2.45) is 4.99 Å². The summed E-state index contributed by atoms with van der Waals surface area (Å²) in [6, 6.07) is 4.14. The van der Waals surface area contributed by atoms with Gasteiger partial charge in [0.25, 0.3) is 5.91 Å². The summed E-state index contributed by atoms with van der Waals surface area (Å²) in [6.45, 7) is 0.383. The number of fused-ring (bicyclic) bond motifs is 1. The maximum Gasteiger partial charge on any atom is 0.267 e. The lowest BCUT2D eigenvalue weighted by atomic mass is 10.1. The topological polar surface area (TPSA) is 32.7 Å². The smallest absolute Gasteiger partial charge is 0.267 e. The van der Waals surface area contributed by atoms with Gasteiger partial charge < -0.3 is 4.90 Å². The number of nitrogens with zero attached hydrogens (tertiary/aromatic N) is 2. The van der Waals surface area contributed by atoms with Crippen molar-refractivity contribution in [2.45, 2.75) is 6.42 Å². The maximum absolute atomic E-state index is 11.3. The Hall–Kier alpha value is -1.68. The molecule has 16 heavy (non-hydrogen) atoms. The highest BCUT2D eigenvalue weighted by Crippen LogP contribution is 2.21. The predicted octanol–water partition coefficient (Wildman–Crippen LogP) is 1.99. The number of hydrogen-bond acceptors (Lipinski definition) is 3. The quantitative estimate of drug-likeness (QED) is 0.778. The summed E-state index contributed by atoms with van der Waals surface area (Å²) < 4.78 is 0. The molecule has 0 radical (unpaired) electrons. The Balaban J connectivity index is 1.89. The largest absolute Gasteiger partial charge is 0.323 e. The molecule has 3 rings (SSSR count). The van der Waals surface area contributed by atoms with Crippen molar-refractivity contribution in [1.82, 2.24) is 4.90 Å². The van der Waals surface area contributed by atoms with Crippen LogP contribution in [0, 0.1) is 0 Å². The molecule has 1 aromatic rings. The fourth-order valence-corrected chi connectivity index (χ4v) is 2.62. The van der Waals surface area contributed by atoms with Gasteiger partial charge in [0.1, 0.15) is 12.4 Å². The van der Waals surface area contributed by atoms with Gasteiger partial charge in [-0.1, -0.05) is 12.1 Å². The van der Waals surface area contributed by atoms with E-state index in [2.05, 4.69) is 16.4 Å². The van der Waals surface area contributed by atoms with Crippen LogP contribution in [0.3, 0.4) is 0 Å². The molecule has 4 heteroatoms. The lowest BCUT2D eigenvalue weighted by molar-refractivity contribution is -0.116. The van der Waals surface area contributed by atoms with E-state index in [0.29, 0.717) is 6.54 Å². The Morgan fingerprint density at radius 3 is 3.25 bits per heavy atom. The van der Waals surface area contributed by atoms with E-state index < -0.39 is 0 Å². The summed E-state index contributed by atoms with van der Waals surface area (Å²) in [5.41, 5.74) is 1.12. The zero-order chi connectivity index (χ0) is 11.0. The average molecular weight is 230 g/mol. The lowest BCUT2D eigenvalue weighted by Crippen LogP contribution is -2.26. The number of amides is 1. The van der Waals surface area contributed by atoms with Crippen LogP contribution < -0.4 is 0 Å². The number of rotatable bonds is 2. The summed E-state index contributed by atoms with van der Waals surface area (Å²) in [5.74, 6) is 0.763. The van der Waals surface area contributed by atoms with Crippen molar-refractivity contribution >= 4 is 23.1 Å². The maximum atomic E-state index is 11.3. The molecule has 1 aromatic heterocycles. The van der Waals surface area contributed by atoms with E-state index in [1.165, 1.54) is 4.88 Å². The molecule has 0 bridgehead atoms. The van der Waals surface area contributed by atoms with Crippen LogP contribution in [0.1, 0.15) is 4.88 Å². The van der Waals surface area contributed by atoms with E-state index in [4.69, 9.17) is 0 Å². The minimum absolute atomic E-state index is 0.0568. The third kappa shape index (κ3) is 1.61. The van der Waals surface area contributed by atoms with E-state index in [0.717, 1.165) is 17.8 Å². The number of hydrogen-bond donors (Lipinski definition) is 0. The van der Waals surface area contributed by atoms with Crippen molar-refractivity contribution in [3.8, 4) is 0 Å². The molecule has 3 nitrogen and oxygen atoms in total. The van der Waals surface area contributed by atoms with Gasteiger partial charge in [0.2, 0.25) is 0 Å². The van der Waals surface area contributed by atoms with Crippen molar-refractivity contribution in [3.05, 3.63) is 46.3 Å². The van der Waals surface area contributed by atoms with Gasteiger partial charge in [-0.15, -0.1) is 11.3 Å². The molecule has 0 unspecified atom stereocenters. The summed E-state index contributed by atoms with van der Waals surface area (Å²) in [7, 11) is 0. The molecule has 1 amide bonds. The second-order valence-electron chi connectivity index (χ2n) is 3.75. The van der Waals surface area contributed by atoms with Gasteiger partial charge >= 0.3 is 0 Å². The van der Waals surface area contributed by atoms with Gasteiger partial charge in [-0.05, 0) is 17.5 Å². The molecule has 80 valence electrons. The van der Waals surface area contributed by atoms with Gasteiger partial charge in [0.15, 0.2) is 0 Å². The first-order chi connectivity index (χ1) is 7.83. The molecule has 0 fully saturated rings. The van der Waals surface area contributed by atoms with Crippen molar-refractivity contribution in [2.75, 3.05) is 6.54 Å². The molecule has 0 atom stereocenters. The van der Waals surface area contributed by atoms with Crippen molar-refractivity contribution < 1.29 is 4.79 Å². The van der Waals surface area contributed by atoms with E-state index >= 15 is 0 Å². The highest BCUT2D eigenvalue weighted by atomic mass is 32.1. The number of carbonyl (C=O) groups is 1. The first kappa shape index (κ1) is 9.54. The zero-order valence-corrected chi connectivity index (χ0v) is 9.41. The monoisotopic (exact) mass is 230 g/mol. The second kappa shape index (κ2) is 3.72. The number of thiophene rings is 1. The Morgan fingerprint density at radius 1 is 1.50 bits per heavy atom. The summed E-state index contributed by atoms with van der Waals surface area (Å²) in [4.78, 5) is 18.5. The van der Waals surface area contributed by atoms with E-state index in [1.807, 2.05) is 29.3 Å². The molecule has 2 aliphatic heterocycles. The van der Waals surface area contributed by atoms with Crippen LogP contribution in [-0.2, 0) is 11.2 Å². The first-order valence-corrected chi connectivity index (χ1v) is 5.99. The first-order valence-electron chi connectivity index (χ1n) is 5.11. The molecule has 0 N–H and O–H groups in total. The summed E-state index contributed by atoms with van der Waals surface area (Å²) in [6.07, 6.45) is 6.76. The number of allylic oxidation sites excluding steroid dienone is 2. The van der Waals surface area contributed by atoms with E-state index in [9.17, 15) is 4.79 Å². The highest BCUT2D eigenvalue weighted by molar-refractivity contribution is 7.09. The minimum Gasteiger partial charge on any atom is -0.323 e. The zero-order valence-electron chi connectivity index (χ0n) is 8.59. The van der Waals surface area contributed by atoms with Crippen LogP contribution in [0.25, 0.3) is 0 Å². The molecule has 3 heterocycles. The molecular formula is C12H10N2OS. The Morgan fingerprint density at radius 2 is 2.44 bits per heavy atom. The number of aliphatic imine (C=N–C) groups is 1. The van der Waals surface area contributed by atoms with Gasteiger partial charge in [-0.2, -0.15) is 4.99 Å². The predicted molar refractivity (Wildman–Crippen MR) is 64.4 cm³/mol. The van der Waals surface area contributed by atoms with Crippen LogP contribution in [0.5, 0.6) is 0 Å². The van der Waals surface area contributed by atoms with Crippen LogP contribution in [0.4, 0.5) is 0 Å².